The van der Waals surface area contributed by atoms with Crippen LogP contribution in [0.3, 0.4) is 0 Å². The lowest BCUT2D eigenvalue weighted by atomic mass is 10.1. The van der Waals surface area contributed by atoms with Crippen molar-refractivity contribution in [1.82, 2.24) is 23.9 Å². The third-order valence-corrected chi connectivity index (χ3v) is 7.06. The number of likely N-dealkylation sites (N-methyl/N-ethyl adjacent to an activating group) is 1. The summed E-state index contributed by atoms with van der Waals surface area (Å²) in [6, 6.07) is 16.3. The molecule has 0 aliphatic carbocycles. The van der Waals surface area contributed by atoms with E-state index in [1.807, 2.05) is 41.0 Å². The number of nitrogens with zero attached hydrogens (tertiary/aromatic N) is 5. The number of ether oxygens (including phenoxy) is 1. The number of amides is 2. The number of carbonyl (C=O) groups is 3. The normalized spacial score (nSPS) is 11.9. The third-order valence-electron chi connectivity index (χ3n) is 7.06. The molecule has 0 radical (unpaired) electrons. The lowest BCUT2D eigenvalue weighted by Crippen LogP contribution is -2.35. The lowest BCUT2D eigenvalue weighted by Gasteiger charge is -2.19. The van der Waals surface area contributed by atoms with Gasteiger partial charge in [-0.3, -0.25) is 19.4 Å². The Bertz CT molecular complexity index is 1730. The van der Waals surface area contributed by atoms with Gasteiger partial charge < -0.3 is 23.7 Å². The predicted octanol–water partition coefficient (Wildman–Crippen LogP) is 4.04. The van der Waals surface area contributed by atoms with E-state index in [0.717, 1.165) is 16.8 Å². The number of benzene rings is 2. The Morgan fingerprint density at radius 3 is 2.45 bits per heavy atom. The van der Waals surface area contributed by atoms with E-state index in [0.29, 0.717) is 18.4 Å². The smallest absolute Gasteiger partial charge is 0.409 e. The van der Waals surface area contributed by atoms with Gasteiger partial charge in [0.05, 0.1) is 13.0 Å². The van der Waals surface area contributed by atoms with E-state index < -0.39 is 23.5 Å². The van der Waals surface area contributed by atoms with E-state index in [1.165, 1.54) is 59.1 Å². The molecule has 230 valence electrons. The Labute approximate surface area is 255 Å². The molecule has 10 nitrogen and oxygen atoms in total. The van der Waals surface area contributed by atoms with Gasteiger partial charge in [0.1, 0.15) is 11.5 Å². The molecule has 2 aromatic heterocycles. The molecule has 11 heteroatoms. The molecule has 2 aromatic carbocycles. The minimum Gasteiger partial charge on any atom is -0.438 e. The summed E-state index contributed by atoms with van der Waals surface area (Å²) in [6.45, 7) is 0.680. The molecule has 0 unspecified atom stereocenters. The molecule has 0 bridgehead atoms. The van der Waals surface area contributed by atoms with E-state index in [4.69, 9.17) is 4.74 Å². The highest BCUT2D eigenvalue weighted by Crippen LogP contribution is 2.23. The summed E-state index contributed by atoms with van der Waals surface area (Å²) in [5.41, 5.74) is 2.20. The quantitative estimate of drug-likeness (QED) is 0.227. The Hall–Kier alpha value is -5.06. The first kappa shape index (κ1) is 31.9. The van der Waals surface area contributed by atoms with Crippen LogP contribution in [-0.4, -0.2) is 76.0 Å². The monoisotopic (exact) mass is 601 g/mol. The molecular formula is C33H36FN5O5. The van der Waals surface area contributed by atoms with Gasteiger partial charge in [-0.05, 0) is 48.7 Å². The first-order valence-electron chi connectivity index (χ1n) is 14.2. The number of hydrogen-bond donors (Lipinski definition) is 0. The minimum absolute atomic E-state index is 0.0125. The summed E-state index contributed by atoms with van der Waals surface area (Å²) in [5.74, 6) is -1.05. The molecule has 0 spiro atoms. The van der Waals surface area contributed by atoms with Crippen LogP contribution in [0, 0.1) is 5.82 Å². The molecule has 0 saturated heterocycles. The highest BCUT2D eigenvalue weighted by atomic mass is 19.1. The van der Waals surface area contributed by atoms with Gasteiger partial charge in [-0.1, -0.05) is 36.4 Å². The second-order valence-electron chi connectivity index (χ2n) is 10.8. The van der Waals surface area contributed by atoms with E-state index >= 15 is 0 Å². The molecule has 0 saturated carbocycles. The molecule has 0 aliphatic rings. The highest BCUT2D eigenvalue weighted by molar-refractivity contribution is 5.88. The molecule has 4 aromatic rings. The fourth-order valence-electron chi connectivity index (χ4n) is 4.67. The zero-order chi connectivity index (χ0) is 31.8. The van der Waals surface area contributed by atoms with Gasteiger partial charge in [0.15, 0.2) is 11.9 Å². The lowest BCUT2D eigenvalue weighted by molar-refractivity contribution is -0.127. The molecular weight excluding hydrogens is 565 g/mol. The maximum Gasteiger partial charge on any atom is 0.409 e. The molecule has 0 N–H and O–H groups in total. The number of allylic oxidation sites excluding steroid dienone is 1. The SMILES string of the molecule is CN(C)C(=O)/C=C/CC[C@H](OC(=O)N(C)C)C(=O)Cc1nccn(Cc2cc3cc(F)ccc3n2Cc2ccccc2)c1=O. The fraction of sp³-hybridized carbons (Fsp3) is 0.303. The van der Waals surface area contributed by atoms with Crippen molar-refractivity contribution in [2.24, 2.45) is 0 Å². The van der Waals surface area contributed by atoms with Crippen molar-refractivity contribution in [3.05, 3.63) is 112 Å². The Morgan fingerprint density at radius 2 is 1.75 bits per heavy atom. The van der Waals surface area contributed by atoms with Gasteiger partial charge in [-0.15, -0.1) is 0 Å². The van der Waals surface area contributed by atoms with E-state index in [9.17, 15) is 23.6 Å². The summed E-state index contributed by atoms with van der Waals surface area (Å²) in [4.78, 5) is 57.7. The van der Waals surface area contributed by atoms with E-state index in [1.54, 1.807) is 26.2 Å². The van der Waals surface area contributed by atoms with Gasteiger partial charge >= 0.3 is 6.09 Å². The first-order valence-corrected chi connectivity index (χ1v) is 14.2. The number of ketones is 1. The average molecular weight is 602 g/mol. The van der Waals surface area contributed by atoms with Gasteiger partial charge in [0.25, 0.3) is 5.56 Å². The number of aromatic nitrogens is 3. The molecule has 1 atom stereocenters. The van der Waals surface area contributed by atoms with Gasteiger partial charge in [-0.2, -0.15) is 0 Å². The summed E-state index contributed by atoms with van der Waals surface area (Å²) < 4.78 is 23.0. The number of rotatable bonds is 12. The predicted molar refractivity (Wildman–Crippen MR) is 165 cm³/mol. The van der Waals surface area contributed by atoms with Crippen LogP contribution in [0.2, 0.25) is 0 Å². The maximum atomic E-state index is 14.1. The van der Waals surface area contributed by atoms with Crippen LogP contribution in [0.25, 0.3) is 10.9 Å². The van der Waals surface area contributed by atoms with Crippen molar-refractivity contribution in [3.8, 4) is 0 Å². The number of carbonyl (C=O) groups excluding carboxylic acids is 3. The Kier molecular flexibility index (Phi) is 10.4. The topological polar surface area (TPSA) is 107 Å². The largest absolute Gasteiger partial charge is 0.438 e. The number of fused-ring (bicyclic) bond motifs is 1. The van der Waals surface area contributed by atoms with Crippen LogP contribution in [-0.2, 0) is 33.8 Å². The van der Waals surface area contributed by atoms with E-state index in [2.05, 4.69) is 4.98 Å². The van der Waals surface area contributed by atoms with Crippen LogP contribution in [0.15, 0.2) is 83.9 Å². The van der Waals surface area contributed by atoms with Gasteiger partial charge in [-0.25, -0.2) is 9.18 Å². The summed E-state index contributed by atoms with van der Waals surface area (Å²) in [7, 11) is 6.26. The van der Waals surface area contributed by atoms with Gasteiger partial charge in [0, 0.05) is 63.7 Å². The molecule has 4 rings (SSSR count). The second kappa shape index (κ2) is 14.4. The van der Waals surface area contributed by atoms with E-state index in [-0.39, 0.29) is 36.8 Å². The molecule has 44 heavy (non-hydrogen) atoms. The van der Waals surface area contributed by atoms with Crippen LogP contribution < -0.4 is 5.56 Å². The number of halogens is 1. The zero-order valence-electron chi connectivity index (χ0n) is 25.3. The third kappa shape index (κ3) is 8.06. The number of Topliss-reactive ketones (excluding diaryl/α,β-unsaturated/α-hetero) is 1. The summed E-state index contributed by atoms with van der Waals surface area (Å²) >= 11 is 0. The minimum atomic E-state index is -1.14. The van der Waals surface area contributed by atoms with Crippen LogP contribution in [0.5, 0.6) is 0 Å². The standard InChI is InChI=1S/C33H36FN5O5/c1-36(2)31(41)13-9-8-12-30(44-33(43)37(3)4)29(40)20-27-32(42)38(17-16-35-27)22-26-19-24-18-25(34)14-15-28(24)39(26)21-23-10-6-5-7-11-23/h5-7,9-11,13-19,30H,8,12,20-22H2,1-4H3/b13-9+/t30-/m0/s1. The van der Waals surface area contributed by atoms with Crippen molar-refractivity contribution in [2.75, 3.05) is 28.2 Å². The number of hydrogen-bond acceptors (Lipinski definition) is 6. The molecule has 0 fully saturated rings. The summed E-state index contributed by atoms with van der Waals surface area (Å²) in [6.07, 6.45) is 4.24. The van der Waals surface area contributed by atoms with Crippen molar-refractivity contribution >= 4 is 28.7 Å². The average Bonchev–Trinajstić information content (AvgIpc) is 3.31. The van der Waals surface area contributed by atoms with Crippen molar-refractivity contribution in [1.29, 1.82) is 0 Å². The summed E-state index contributed by atoms with van der Waals surface area (Å²) in [5, 5.41) is 0.709. The van der Waals surface area contributed by atoms with Crippen molar-refractivity contribution in [2.45, 2.75) is 38.5 Å². The van der Waals surface area contributed by atoms with Crippen molar-refractivity contribution < 1.29 is 23.5 Å². The molecule has 0 aliphatic heterocycles. The first-order chi connectivity index (χ1) is 21.0. The Morgan fingerprint density at radius 1 is 1.00 bits per heavy atom. The maximum absolute atomic E-state index is 14.1. The Balaban J connectivity index is 1.57. The molecule has 2 amide bonds. The molecule has 2 heterocycles. The second-order valence-corrected chi connectivity index (χ2v) is 10.8. The highest BCUT2D eigenvalue weighted by Gasteiger charge is 2.25. The fourth-order valence-corrected chi connectivity index (χ4v) is 4.67. The van der Waals surface area contributed by atoms with Crippen molar-refractivity contribution in [3.63, 3.8) is 0 Å². The van der Waals surface area contributed by atoms with Gasteiger partial charge in [0.2, 0.25) is 5.91 Å². The van der Waals surface area contributed by atoms with Crippen LogP contribution >= 0.6 is 0 Å². The zero-order valence-corrected chi connectivity index (χ0v) is 25.3. The van der Waals surface area contributed by atoms with Crippen LogP contribution in [0.1, 0.15) is 29.8 Å². The van der Waals surface area contributed by atoms with Crippen LogP contribution in [0.4, 0.5) is 9.18 Å².